The van der Waals surface area contributed by atoms with E-state index in [-0.39, 0.29) is 11.6 Å². The second-order valence-electron chi connectivity index (χ2n) is 4.09. The van der Waals surface area contributed by atoms with Gasteiger partial charge in [-0.05, 0) is 12.1 Å². The van der Waals surface area contributed by atoms with Gasteiger partial charge in [-0.3, -0.25) is 9.59 Å². The molecule has 4 nitrogen and oxygen atoms in total. The molecule has 0 bridgehead atoms. The lowest BCUT2D eigenvalue weighted by Gasteiger charge is -2.15. The average molecular weight is 286 g/mol. The van der Waals surface area contributed by atoms with Gasteiger partial charge in [0.2, 0.25) is 11.8 Å². The maximum atomic E-state index is 13.0. The Bertz CT molecular complexity index is 490. The van der Waals surface area contributed by atoms with E-state index in [1.54, 1.807) is 0 Å². The van der Waals surface area contributed by atoms with Gasteiger partial charge in [-0.2, -0.15) is 11.8 Å². The summed E-state index contributed by atoms with van der Waals surface area (Å²) in [6, 6.07) is 2.07. The highest BCUT2D eigenvalue weighted by Crippen LogP contribution is 2.15. The summed E-state index contributed by atoms with van der Waals surface area (Å²) >= 11 is 1.48. The van der Waals surface area contributed by atoms with Gasteiger partial charge in [0.1, 0.15) is 17.7 Å². The summed E-state index contributed by atoms with van der Waals surface area (Å²) in [7, 11) is 0. The van der Waals surface area contributed by atoms with Gasteiger partial charge < -0.3 is 10.6 Å². The predicted molar refractivity (Wildman–Crippen MR) is 68.9 cm³/mol. The van der Waals surface area contributed by atoms with E-state index in [9.17, 15) is 18.4 Å². The summed E-state index contributed by atoms with van der Waals surface area (Å²) in [5.41, 5.74) is 0.0333. The number of carbonyl (C=O) groups is 2. The van der Waals surface area contributed by atoms with Gasteiger partial charge in [0.25, 0.3) is 0 Å². The topological polar surface area (TPSA) is 58.2 Å². The first kappa shape index (κ1) is 13.8. The lowest BCUT2D eigenvalue weighted by molar-refractivity contribution is -0.125. The molecule has 1 heterocycles. The standard InChI is InChI=1S/C12H12F2N2O2S/c13-7-3-8(14)5-9(4-7)15-12(18)10-6-19-2-1-11(17)16-10/h3-5,10H,1-2,6H2,(H,15,18)(H,16,17)/t10-/m0/s1. The van der Waals surface area contributed by atoms with Crippen LogP contribution in [-0.4, -0.2) is 29.4 Å². The van der Waals surface area contributed by atoms with Gasteiger partial charge in [0.05, 0.1) is 0 Å². The third kappa shape index (κ3) is 3.92. The Balaban J connectivity index is 2.05. The molecule has 102 valence electrons. The van der Waals surface area contributed by atoms with Gasteiger partial charge >= 0.3 is 0 Å². The molecule has 1 aliphatic rings. The van der Waals surface area contributed by atoms with E-state index < -0.39 is 23.6 Å². The van der Waals surface area contributed by atoms with Crippen molar-refractivity contribution in [1.82, 2.24) is 5.32 Å². The molecule has 1 atom stereocenters. The molecule has 2 N–H and O–H groups in total. The van der Waals surface area contributed by atoms with Crippen molar-refractivity contribution in [3.8, 4) is 0 Å². The van der Waals surface area contributed by atoms with E-state index in [2.05, 4.69) is 10.6 Å². The van der Waals surface area contributed by atoms with Crippen LogP contribution in [0.2, 0.25) is 0 Å². The number of thioether (sulfide) groups is 1. The Morgan fingerprint density at radius 2 is 2.00 bits per heavy atom. The molecule has 0 saturated carbocycles. The molecule has 1 aromatic carbocycles. The summed E-state index contributed by atoms with van der Waals surface area (Å²) in [6.07, 6.45) is 0.364. The Morgan fingerprint density at radius 1 is 1.32 bits per heavy atom. The summed E-state index contributed by atoms with van der Waals surface area (Å²) in [5, 5.41) is 4.96. The highest BCUT2D eigenvalue weighted by molar-refractivity contribution is 7.99. The first-order valence-corrected chi connectivity index (χ1v) is 6.84. The number of halogens is 2. The second-order valence-corrected chi connectivity index (χ2v) is 5.24. The second kappa shape index (κ2) is 6.01. The number of benzene rings is 1. The molecule has 0 radical (unpaired) electrons. The Kier molecular flexibility index (Phi) is 4.36. The Labute approximate surface area is 112 Å². The van der Waals surface area contributed by atoms with Crippen molar-refractivity contribution in [3.05, 3.63) is 29.8 Å². The molecule has 7 heteroatoms. The molecular weight excluding hydrogens is 274 g/mol. The number of rotatable bonds is 2. The molecular formula is C12H12F2N2O2S. The number of hydrogen-bond acceptors (Lipinski definition) is 3. The molecule has 1 fully saturated rings. The molecule has 19 heavy (non-hydrogen) atoms. The van der Waals surface area contributed by atoms with E-state index in [1.807, 2.05) is 0 Å². The smallest absolute Gasteiger partial charge is 0.247 e. The van der Waals surface area contributed by atoms with Crippen LogP contribution in [0.25, 0.3) is 0 Å². The maximum absolute atomic E-state index is 13.0. The van der Waals surface area contributed by atoms with Gasteiger partial charge in [-0.1, -0.05) is 0 Å². The zero-order chi connectivity index (χ0) is 13.8. The fourth-order valence-corrected chi connectivity index (χ4v) is 2.64. The van der Waals surface area contributed by atoms with E-state index in [4.69, 9.17) is 0 Å². The van der Waals surface area contributed by atoms with Gasteiger partial charge in [-0.15, -0.1) is 0 Å². The van der Waals surface area contributed by atoms with Crippen LogP contribution in [0.15, 0.2) is 18.2 Å². The number of amides is 2. The molecule has 2 rings (SSSR count). The van der Waals surface area contributed by atoms with E-state index in [1.165, 1.54) is 11.8 Å². The van der Waals surface area contributed by atoms with Crippen molar-refractivity contribution in [1.29, 1.82) is 0 Å². The first-order valence-electron chi connectivity index (χ1n) is 5.68. The monoisotopic (exact) mass is 286 g/mol. The Hall–Kier alpha value is -1.63. The highest BCUT2D eigenvalue weighted by atomic mass is 32.2. The number of hydrogen-bond donors (Lipinski definition) is 2. The van der Waals surface area contributed by atoms with Crippen LogP contribution in [0, 0.1) is 11.6 Å². The highest BCUT2D eigenvalue weighted by Gasteiger charge is 2.23. The van der Waals surface area contributed by atoms with Crippen molar-refractivity contribution >= 4 is 29.3 Å². The SMILES string of the molecule is O=C1CCSC[C@@H](C(=O)Nc2cc(F)cc(F)c2)N1. The van der Waals surface area contributed by atoms with Crippen LogP contribution >= 0.6 is 11.8 Å². The molecule has 0 spiro atoms. The van der Waals surface area contributed by atoms with Crippen LogP contribution < -0.4 is 10.6 Å². The molecule has 0 unspecified atom stereocenters. The zero-order valence-corrected chi connectivity index (χ0v) is 10.7. The molecule has 2 amide bonds. The summed E-state index contributed by atoms with van der Waals surface area (Å²) in [6.45, 7) is 0. The average Bonchev–Trinajstić information content (AvgIpc) is 2.52. The minimum atomic E-state index is -0.769. The summed E-state index contributed by atoms with van der Waals surface area (Å²) < 4.78 is 26.0. The van der Waals surface area contributed by atoms with Crippen LogP contribution in [-0.2, 0) is 9.59 Å². The summed E-state index contributed by atoms with van der Waals surface area (Å²) in [4.78, 5) is 23.2. The first-order chi connectivity index (χ1) is 9.04. The largest absolute Gasteiger partial charge is 0.343 e. The number of nitrogens with one attached hydrogen (secondary N) is 2. The lowest BCUT2D eigenvalue weighted by Crippen LogP contribution is -2.44. The number of carbonyl (C=O) groups excluding carboxylic acids is 2. The van der Waals surface area contributed by atoms with Gasteiger partial charge in [-0.25, -0.2) is 8.78 Å². The van der Waals surface area contributed by atoms with Crippen LogP contribution in [0.1, 0.15) is 6.42 Å². The third-order valence-corrected chi connectivity index (χ3v) is 3.60. The van der Waals surface area contributed by atoms with Crippen molar-refractivity contribution in [2.75, 3.05) is 16.8 Å². The molecule has 0 aromatic heterocycles. The quantitative estimate of drug-likeness (QED) is 0.866. The van der Waals surface area contributed by atoms with E-state index in [0.29, 0.717) is 17.9 Å². The third-order valence-electron chi connectivity index (χ3n) is 2.54. The zero-order valence-electron chi connectivity index (χ0n) is 9.91. The summed E-state index contributed by atoms with van der Waals surface area (Å²) in [5.74, 6) is -1.12. The maximum Gasteiger partial charge on any atom is 0.247 e. The van der Waals surface area contributed by atoms with E-state index >= 15 is 0 Å². The van der Waals surface area contributed by atoms with Crippen molar-refractivity contribution in [2.45, 2.75) is 12.5 Å². The fourth-order valence-electron chi connectivity index (χ4n) is 1.67. The Morgan fingerprint density at radius 3 is 2.68 bits per heavy atom. The van der Waals surface area contributed by atoms with Crippen LogP contribution in [0.3, 0.4) is 0 Å². The number of anilines is 1. The molecule has 1 aromatic rings. The molecule has 0 aliphatic carbocycles. The van der Waals surface area contributed by atoms with Crippen LogP contribution in [0.5, 0.6) is 0 Å². The minimum absolute atomic E-state index is 0.0333. The van der Waals surface area contributed by atoms with Gasteiger partial charge in [0, 0.05) is 29.7 Å². The van der Waals surface area contributed by atoms with Crippen LogP contribution in [0.4, 0.5) is 14.5 Å². The molecule has 1 aliphatic heterocycles. The van der Waals surface area contributed by atoms with E-state index in [0.717, 1.165) is 18.2 Å². The lowest BCUT2D eigenvalue weighted by atomic mass is 10.2. The van der Waals surface area contributed by atoms with Gasteiger partial charge in [0.15, 0.2) is 0 Å². The van der Waals surface area contributed by atoms with Crippen molar-refractivity contribution in [3.63, 3.8) is 0 Å². The molecule has 1 saturated heterocycles. The minimum Gasteiger partial charge on any atom is -0.343 e. The fraction of sp³-hybridized carbons (Fsp3) is 0.333. The van der Waals surface area contributed by atoms with Crippen molar-refractivity contribution < 1.29 is 18.4 Å². The predicted octanol–water partition coefficient (Wildman–Crippen LogP) is 1.52. The normalized spacial score (nSPS) is 19.5. The van der Waals surface area contributed by atoms with Crippen molar-refractivity contribution in [2.24, 2.45) is 0 Å².